The molecule has 1 fully saturated rings. The number of rotatable bonds is 6. The smallest absolute Gasteiger partial charge is 0.0807 e. The molecule has 1 aliphatic carbocycles. The van der Waals surface area contributed by atoms with Gasteiger partial charge in [0.15, 0.2) is 0 Å². The first-order valence-electron chi connectivity index (χ1n) is 7.35. The quantitative estimate of drug-likeness (QED) is 0.586. The third-order valence-electron chi connectivity index (χ3n) is 3.65. The average Bonchev–Trinajstić information content (AvgIpc) is 2.53. The monoisotopic (exact) mass is 257 g/mol. The lowest BCUT2D eigenvalue weighted by Crippen LogP contribution is -2.49. The molecule has 1 saturated carbocycles. The Labute approximate surface area is 113 Å². The van der Waals surface area contributed by atoms with Crippen molar-refractivity contribution < 1.29 is 9.47 Å². The zero-order valence-corrected chi connectivity index (χ0v) is 12.7. The normalized spacial score (nSPS) is 20.7. The van der Waals surface area contributed by atoms with E-state index in [4.69, 9.17) is 9.47 Å². The van der Waals surface area contributed by atoms with E-state index in [0.717, 1.165) is 6.54 Å². The molecular weight excluding hydrogens is 226 g/mol. The molecule has 1 aliphatic rings. The van der Waals surface area contributed by atoms with Crippen molar-refractivity contribution in [2.24, 2.45) is 0 Å². The highest BCUT2D eigenvalue weighted by Crippen LogP contribution is 2.30. The van der Waals surface area contributed by atoms with E-state index in [9.17, 15) is 0 Å². The van der Waals surface area contributed by atoms with Crippen LogP contribution in [0.2, 0.25) is 0 Å². The first kappa shape index (κ1) is 15.9. The first-order chi connectivity index (χ1) is 8.47. The van der Waals surface area contributed by atoms with Gasteiger partial charge in [0.25, 0.3) is 0 Å². The van der Waals surface area contributed by atoms with Gasteiger partial charge in [-0.1, -0.05) is 25.7 Å². The lowest BCUT2D eigenvalue weighted by Gasteiger charge is -2.36. The zero-order chi connectivity index (χ0) is 13.5. The third-order valence-corrected chi connectivity index (χ3v) is 3.65. The van der Waals surface area contributed by atoms with Gasteiger partial charge in [-0.2, -0.15) is 0 Å². The molecule has 0 saturated heterocycles. The third kappa shape index (κ3) is 6.17. The molecule has 0 unspecified atom stereocenters. The summed E-state index contributed by atoms with van der Waals surface area (Å²) in [6, 6.07) is 0. The maximum atomic E-state index is 6.20. The molecule has 0 aromatic heterocycles. The van der Waals surface area contributed by atoms with Gasteiger partial charge in [-0.3, -0.25) is 0 Å². The van der Waals surface area contributed by atoms with E-state index in [1.54, 1.807) is 7.11 Å². The summed E-state index contributed by atoms with van der Waals surface area (Å²) in [5.41, 5.74) is 0.187. The second-order valence-corrected chi connectivity index (χ2v) is 6.54. The van der Waals surface area contributed by atoms with Crippen molar-refractivity contribution in [3.05, 3.63) is 0 Å². The highest BCUT2D eigenvalue weighted by molar-refractivity contribution is 4.88. The summed E-state index contributed by atoms with van der Waals surface area (Å²) in [5.74, 6) is 0. The number of methoxy groups -OCH3 is 1. The maximum Gasteiger partial charge on any atom is 0.0807 e. The molecule has 0 aromatic rings. The Morgan fingerprint density at radius 2 is 1.61 bits per heavy atom. The highest BCUT2D eigenvalue weighted by atomic mass is 16.5. The van der Waals surface area contributed by atoms with E-state index in [2.05, 4.69) is 26.1 Å². The van der Waals surface area contributed by atoms with E-state index in [0.29, 0.717) is 13.2 Å². The summed E-state index contributed by atoms with van der Waals surface area (Å²) in [6.07, 6.45) is 7.65. The Bertz CT molecular complexity index is 215. The molecule has 0 aliphatic heterocycles. The van der Waals surface area contributed by atoms with Crippen LogP contribution < -0.4 is 5.32 Å². The fourth-order valence-electron chi connectivity index (χ4n) is 2.51. The van der Waals surface area contributed by atoms with Crippen LogP contribution in [0.4, 0.5) is 0 Å². The van der Waals surface area contributed by atoms with Gasteiger partial charge in [0.2, 0.25) is 0 Å². The van der Waals surface area contributed by atoms with Crippen LogP contribution in [0.25, 0.3) is 0 Å². The molecule has 1 N–H and O–H groups in total. The van der Waals surface area contributed by atoms with E-state index < -0.39 is 0 Å². The summed E-state index contributed by atoms with van der Waals surface area (Å²) in [6.45, 7) is 9.01. The van der Waals surface area contributed by atoms with Gasteiger partial charge in [-0.05, 0) is 33.6 Å². The fraction of sp³-hybridized carbons (Fsp3) is 1.00. The molecule has 0 atom stereocenters. The van der Waals surface area contributed by atoms with Gasteiger partial charge in [0.05, 0.1) is 18.8 Å². The molecule has 3 heteroatoms. The topological polar surface area (TPSA) is 30.5 Å². The second-order valence-electron chi connectivity index (χ2n) is 6.54. The van der Waals surface area contributed by atoms with Crippen LogP contribution in [-0.2, 0) is 9.47 Å². The highest BCUT2D eigenvalue weighted by Gasteiger charge is 2.32. The Morgan fingerprint density at radius 1 is 1.00 bits per heavy atom. The van der Waals surface area contributed by atoms with E-state index >= 15 is 0 Å². The SMILES string of the molecule is COCCOC1(CNC(C)(C)C)CCCCCC1. The summed E-state index contributed by atoms with van der Waals surface area (Å²) < 4.78 is 11.3. The molecule has 1 rings (SSSR count). The molecule has 0 radical (unpaired) electrons. The molecule has 18 heavy (non-hydrogen) atoms. The van der Waals surface area contributed by atoms with Crippen LogP contribution in [0.5, 0.6) is 0 Å². The van der Waals surface area contributed by atoms with Crippen LogP contribution in [0.3, 0.4) is 0 Å². The van der Waals surface area contributed by atoms with Crippen molar-refractivity contribution in [2.45, 2.75) is 70.4 Å². The predicted octanol–water partition coefficient (Wildman–Crippen LogP) is 3.13. The van der Waals surface area contributed by atoms with Gasteiger partial charge in [0.1, 0.15) is 0 Å². The number of hydrogen-bond donors (Lipinski definition) is 1. The van der Waals surface area contributed by atoms with Gasteiger partial charge >= 0.3 is 0 Å². The van der Waals surface area contributed by atoms with Crippen LogP contribution in [0, 0.1) is 0 Å². The van der Waals surface area contributed by atoms with Gasteiger partial charge < -0.3 is 14.8 Å². The van der Waals surface area contributed by atoms with E-state index in [1.165, 1.54) is 38.5 Å². The maximum absolute atomic E-state index is 6.20. The molecule has 0 heterocycles. The largest absolute Gasteiger partial charge is 0.382 e. The van der Waals surface area contributed by atoms with Crippen molar-refractivity contribution in [2.75, 3.05) is 26.9 Å². The van der Waals surface area contributed by atoms with E-state index in [-0.39, 0.29) is 11.1 Å². The Morgan fingerprint density at radius 3 is 2.11 bits per heavy atom. The summed E-state index contributed by atoms with van der Waals surface area (Å²) in [4.78, 5) is 0. The standard InChI is InChI=1S/C15H31NO2/c1-14(2,3)16-13-15(18-12-11-17-4)9-7-5-6-8-10-15/h16H,5-13H2,1-4H3. The Kier molecular flexibility index (Phi) is 6.61. The summed E-state index contributed by atoms with van der Waals surface area (Å²) >= 11 is 0. The second kappa shape index (κ2) is 7.46. The van der Waals surface area contributed by atoms with Crippen molar-refractivity contribution in [1.82, 2.24) is 5.32 Å². The molecule has 0 amide bonds. The van der Waals surface area contributed by atoms with E-state index in [1.807, 2.05) is 0 Å². The first-order valence-corrected chi connectivity index (χ1v) is 7.35. The lowest BCUT2D eigenvalue weighted by atomic mass is 9.92. The minimum absolute atomic E-state index is 0.0301. The van der Waals surface area contributed by atoms with Crippen molar-refractivity contribution >= 4 is 0 Å². The van der Waals surface area contributed by atoms with Crippen molar-refractivity contribution in [3.8, 4) is 0 Å². The van der Waals surface area contributed by atoms with Crippen LogP contribution in [0.1, 0.15) is 59.3 Å². The minimum atomic E-state index is 0.0301. The predicted molar refractivity (Wildman–Crippen MR) is 76.0 cm³/mol. The molecular formula is C15H31NO2. The average molecular weight is 257 g/mol. The zero-order valence-electron chi connectivity index (χ0n) is 12.7. The van der Waals surface area contributed by atoms with Crippen LogP contribution >= 0.6 is 0 Å². The Hall–Kier alpha value is -0.120. The fourth-order valence-corrected chi connectivity index (χ4v) is 2.51. The molecule has 108 valence electrons. The van der Waals surface area contributed by atoms with Gasteiger partial charge in [0, 0.05) is 19.2 Å². The van der Waals surface area contributed by atoms with Gasteiger partial charge in [-0.15, -0.1) is 0 Å². The van der Waals surface area contributed by atoms with Crippen LogP contribution in [-0.4, -0.2) is 38.0 Å². The number of ether oxygens (including phenoxy) is 2. The van der Waals surface area contributed by atoms with Crippen molar-refractivity contribution in [3.63, 3.8) is 0 Å². The Balaban J connectivity index is 2.54. The summed E-state index contributed by atoms with van der Waals surface area (Å²) in [7, 11) is 1.73. The number of nitrogens with one attached hydrogen (secondary N) is 1. The van der Waals surface area contributed by atoms with Crippen LogP contribution in [0.15, 0.2) is 0 Å². The number of hydrogen-bond acceptors (Lipinski definition) is 3. The summed E-state index contributed by atoms with van der Waals surface area (Å²) in [5, 5.41) is 3.62. The molecule has 0 bridgehead atoms. The minimum Gasteiger partial charge on any atom is -0.382 e. The molecule has 0 spiro atoms. The lowest BCUT2D eigenvalue weighted by molar-refractivity contribution is -0.0732. The van der Waals surface area contributed by atoms with Gasteiger partial charge in [-0.25, -0.2) is 0 Å². The van der Waals surface area contributed by atoms with Crippen molar-refractivity contribution in [1.29, 1.82) is 0 Å². The molecule has 0 aromatic carbocycles. The molecule has 3 nitrogen and oxygen atoms in total.